The maximum atomic E-state index is 12.8. The second-order valence-electron chi connectivity index (χ2n) is 7.12. The summed E-state index contributed by atoms with van der Waals surface area (Å²) in [4.78, 5) is -0.329. The Bertz CT molecular complexity index is 876. The van der Waals surface area contributed by atoms with Crippen LogP contribution in [0.4, 0.5) is 35.1 Å². The molecule has 0 aliphatic carbocycles. The lowest BCUT2D eigenvalue weighted by atomic mass is 10.0. The second kappa shape index (κ2) is 12.7. The van der Waals surface area contributed by atoms with Gasteiger partial charge in [0.1, 0.15) is 18.3 Å². The molecule has 0 N–H and O–H groups in total. The van der Waals surface area contributed by atoms with Crippen LogP contribution in [0.15, 0.2) is 48.5 Å². The van der Waals surface area contributed by atoms with Crippen LogP contribution >= 0.6 is 0 Å². The minimum Gasteiger partial charge on any atom is -0.465 e. The summed E-state index contributed by atoms with van der Waals surface area (Å²) in [5.74, 6) is -0.0751. The molecule has 190 valence electrons. The van der Waals surface area contributed by atoms with Crippen molar-refractivity contribution in [2.75, 3.05) is 20.2 Å². The van der Waals surface area contributed by atoms with Crippen molar-refractivity contribution in [3.63, 3.8) is 0 Å². The zero-order chi connectivity index (χ0) is 25.2. The summed E-state index contributed by atoms with van der Waals surface area (Å²) in [7, 11) is 0. The normalized spacial score (nSPS) is 13.2. The molecule has 34 heavy (non-hydrogen) atoms. The largest absolute Gasteiger partial charge is 0.573 e. The van der Waals surface area contributed by atoms with E-state index in [0.717, 1.165) is 0 Å². The molecule has 2 aromatic rings. The van der Waals surface area contributed by atoms with Crippen molar-refractivity contribution >= 4 is 0 Å². The second-order valence-corrected chi connectivity index (χ2v) is 7.12. The van der Waals surface area contributed by atoms with E-state index in [4.69, 9.17) is 9.47 Å². The zero-order valence-corrected chi connectivity index (χ0v) is 17.8. The number of alkyl halides is 8. The average molecular weight is 501 g/mol. The standard InChI is InChI=1S/C22H23F8NO3/c23-14-31(21(25,26)27)12-4-9-20(32-15-24)33-19-8-2-1-6-17(19)11-10-16-5-3-7-18(13-16)34-22(28,29)30/h1-3,5-8,13,20H,4,9-12,14-15H2/t20-/m1/s1. The first-order valence-electron chi connectivity index (χ1n) is 10.2. The molecule has 0 saturated heterocycles. The molecule has 0 radical (unpaired) electrons. The summed E-state index contributed by atoms with van der Waals surface area (Å²) >= 11 is 0. The van der Waals surface area contributed by atoms with Gasteiger partial charge in [-0.2, -0.15) is 18.1 Å². The molecule has 2 aromatic carbocycles. The predicted octanol–water partition coefficient (Wildman–Crippen LogP) is 6.55. The topological polar surface area (TPSA) is 30.9 Å². The van der Waals surface area contributed by atoms with Gasteiger partial charge < -0.3 is 14.2 Å². The van der Waals surface area contributed by atoms with Crippen LogP contribution in [0.5, 0.6) is 11.5 Å². The summed E-state index contributed by atoms with van der Waals surface area (Å²) in [6.45, 7) is -3.62. The summed E-state index contributed by atoms with van der Waals surface area (Å²) in [6, 6.07) is 12.0. The third kappa shape index (κ3) is 9.72. The summed E-state index contributed by atoms with van der Waals surface area (Å²) in [6.07, 6.45) is -10.5. The van der Waals surface area contributed by atoms with Crippen molar-refractivity contribution < 1.29 is 49.3 Å². The zero-order valence-electron chi connectivity index (χ0n) is 17.8. The highest BCUT2D eigenvalue weighted by atomic mass is 19.4. The fourth-order valence-electron chi connectivity index (χ4n) is 3.09. The molecule has 0 spiro atoms. The van der Waals surface area contributed by atoms with Crippen molar-refractivity contribution in [2.24, 2.45) is 0 Å². The molecule has 2 rings (SSSR count). The Morgan fingerprint density at radius 1 is 0.882 bits per heavy atom. The first-order valence-corrected chi connectivity index (χ1v) is 10.2. The highest BCUT2D eigenvalue weighted by molar-refractivity contribution is 5.35. The number of benzene rings is 2. The first-order chi connectivity index (χ1) is 16.0. The van der Waals surface area contributed by atoms with Crippen LogP contribution in [0.2, 0.25) is 0 Å². The minimum absolute atomic E-state index is 0.137. The number of hydrogen-bond acceptors (Lipinski definition) is 4. The molecule has 0 aromatic heterocycles. The van der Waals surface area contributed by atoms with Gasteiger partial charge in [-0.05, 0) is 48.6 Å². The van der Waals surface area contributed by atoms with E-state index in [1.807, 2.05) is 0 Å². The molecule has 0 unspecified atom stereocenters. The third-order valence-corrected chi connectivity index (χ3v) is 4.67. The van der Waals surface area contributed by atoms with Gasteiger partial charge in [-0.15, -0.1) is 13.2 Å². The number of rotatable bonds is 13. The van der Waals surface area contributed by atoms with Gasteiger partial charge in [0.05, 0.1) is 0 Å². The molecule has 0 heterocycles. The Hall–Kier alpha value is -2.60. The van der Waals surface area contributed by atoms with Crippen molar-refractivity contribution in [3.8, 4) is 11.5 Å². The highest BCUT2D eigenvalue weighted by Crippen LogP contribution is 2.27. The molecule has 0 saturated carbocycles. The van der Waals surface area contributed by atoms with Gasteiger partial charge in [0.2, 0.25) is 6.29 Å². The Morgan fingerprint density at radius 2 is 1.62 bits per heavy atom. The SMILES string of the molecule is FCO[C@@H](CCCN(CF)C(F)(F)F)Oc1ccccc1CCc1cccc(OC(F)(F)F)c1. The Morgan fingerprint density at radius 3 is 2.26 bits per heavy atom. The van der Waals surface area contributed by atoms with E-state index in [1.165, 1.54) is 18.2 Å². The van der Waals surface area contributed by atoms with Crippen LogP contribution in [0.3, 0.4) is 0 Å². The van der Waals surface area contributed by atoms with E-state index >= 15 is 0 Å². The van der Waals surface area contributed by atoms with Gasteiger partial charge in [0, 0.05) is 13.0 Å². The molecule has 4 nitrogen and oxygen atoms in total. The number of hydrogen-bond donors (Lipinski definition) is 0. The van der Waals surface area contributed by atoms with E-state index in [0.29, 0.717) is 24.0 Å². The highest BCUT2D eigenvalue weighted by Gasteiger charge is 2.36. The number of aryl methyl sites for hydroxylation is 2. The molecular weight excluding hydrogens is 478 g/mol. The van der Waals surface area contributed by atoms with E-state index in [2.05, 4.69) is 4.74 Å². The summed E-state index contributed by atoms with van der Waals surface area (Å²) < 4.78 is 115. The summed E-state index contributed by atoms with van der Waals surface area (Å²) in [5, 5.41) is 0. The van der Waals surface area contributed by atoms with Crippen molar-refractivity contribution in [1.29, 1.82) is 0 Å². The summed E-state index contributed by atoms with van der Waals surface area (Å²) in [5.41, 5.74) is 1.18. The first kappa shape index (κ1) is 27.6. The van der Waals surface area contributed by atoms with Gasteiger partial charge in [-0.1, -0.05) is 30.3 Å². The fraction of sp³-hybridized carbons (Fsp3) is 0.455. The Labute approximate surface area is 191 Å². The van der Waals surface area contributed by atoms with Gasteiger partial charge in [-0.3, -0.25) is 0 Å². The lowest BCUT2D eigenvalue weighted by Gasteiger charge is -2.23. The molecule has 0 aliphatic heterocycles. The molecule has 0 bridgehead atoms. The molecule has 0 amide bonds. The molecular formula is C22H23F8NO3. The molecule has 0 aliphatic rings. The van der Waals surface area contributed by atoms with Crippen LogP contribution in [0.25, 0.3) is 0 Å². The van der Waals surface area contributed by atoms with Crippen LogP contribution in [0, 0.1) is 0 Å². The van der Waals surface area contributed by atoms with E-state index in [1.54, 1.807) is 30.3 Å². The average Bonchev–Trinajstić information content (AvgIpc) is 2.74. The predicted molar refractivity (Wildman–Crippen MR) is 106 cm³/mol. The molecule has 1 atom stereocenters. The number of halogens is 8. The lowest BCUT2D eigenvalue weighted by Crippen LogP contribution is -2.38. The van der Waals surface area contributed by atoms with E-state index < -0.39 is 39.2 Å². The van der Waals surface area contributed by atoms with Gasteiger partial charge in [-0.25, -0.2) is 8.78 Å². The van der Waals surface area contributed by atoms with Crippen molar-refractivity contribution in [2.45, 2.75) is 44.6 Å². The number of nitrogens with zero attached hydrogens (tertiary/aromatic N) is 1. The lowest BCUT2D eigenvalue weighted by molar-refractivity contribution is -0.274. The van der Waals surface area contributed by atoms with Crippen molar-refractivity contribution in [3.05, 3.63) is 59.7 Å². The van der Waals surface area contributed by atoms with Crippen LogP contribution in [0.1, 0.15) is 24.0 Å². The van der Waals surface area contributed by atoms with Gasteiger partial charge >= 0.3 is 12.7 Å². The van der Waals surface area contributed by atoms with Gasteiger partial charge in [0.25, 0.3) is 0 Å². The maximum Gasteiger partial charge on any atom is 0.573 e. The molecule has 12 heteroatoms. The van der Waals surface area contributed by atoms with Crippen LogP contribution in [-0.4, -0.2) is 44.1 Å². The van der Waals surface area contributed by atoms with E-state index in [9.17, 15) is 35.1 Å². The number of para-hydroxylation sites is 1. The third-order valence-electron chi connectivity index (χ3n) is 4.67. The van der Waals surface area contributed by atoms with Crippen LogP contribution < -0.4 is 9.47 Å². The quantitative estimate of drug-likeness (QED) is 0.177. The number of ether oxygens (including phenoxy) is 3. The molecule has 0 fully saturated rings. The van der Waals surface area contributed by atoms with Gasteiger partial charge in [0.15, 0.2) is 6.86 Å². The van der Waals surface area contributed by atoms with Crippen LogP contribution in [-0.2, 0) is 17.6 Å². The van der Waals surface area contributed by atoms with E-state index in [-0.39, 0.29) is 29.2 Å². The Kier molecular flexibility index (Phi) is 10.4. The fourth-order valence-corrected chi connectivity index (χ4v) is 3.09. The van der Waals surface area contributed by atoms with Crippen molar-refractivity contribution in [1.82, 2.24) is 4.90 Å². The Balaban J connectivity index is 2.00. The minimum atomic E-state index is -4.83. The maximum absolute atomic E-state index is 12.8. The monoisotopic (exact) mass is 501 g/mol. The smallest absolute Gasteiger partial charge is 0.465 e.